The lowest BCUT2D eigenvalue weighted by Gasteiger charge is -2.36. The van der Waals surface area contributed by atoms with E-state index in [0.717, 1.165) is 6.54 Å². The van der Waals surface area contributed by atoms with Gasteiger partial charge in [-0.05, 0) is 30.3 Å². The summed E-state index contributed by atoms with van der Waals surface area (Å²) >= 11 is 0. The van der Waals surface area contributed by atoms with Crippen LogP contribution >= 0.6 is 0 Å². The fourth-order valence-corrected chi connectivity index (χ4v) is 3.40. The highest BCUT2D eigenvalue weighted by molar-refractivity contribution is 6.74. The van der Waals surface area contributed by atoms with Crippen LogP contribution in [0.15, 0.2) is 24.3 Å². The molecule has 1 heterocycles. The second kappa shape index (κ2) is 7.17. The van der Waals surface area contributed by atoms with E-state index in [1.165, 1.54) is 4.90 Å². The number of amides is 2. The third-order valence-electron chi connectivity index (χ3n) is 4.94. The number of carbonyl (C=O) groups excluding carboxylic acids is 2. The first-order valence-corrected chi connectivity index (χ1v) is 11.4. The zero-order valence-electron chi connectivity index (χ0n) is 15.3. The summed E-state index contributed by atoms with van der Waals surface area (Å²) in [5, 5.41) is 3.46. The summed E-state index contributed by atoms with van der Waals surface area (Å²) < 4.78 is 6.09. The molecule has 6 heteroatoms. The van der Waals surface area contributed by atoms with Crippen molar-refractivity contribution in [2.45, 2.75) is 38.9 Å². The molecule has 0 radical (unpaired) electrons. The van der Waals surface area contributed by atoms with Crippen molar-refractivity contribution in [3.8, 4) is 0 Å². The Hall–Kier alpha value is -1.50. The third kappa shape index (κ3) is 3.94. The molecule has 1 N–H and O–H groups in total. The summed E-state index contributed by atoms with van der Waals surface area (Å²) in [6, 6.07) is 6.97. The van der Waals surface area contributed by atoms with Gasteiger partial charge in [0.15, 0.2) is 8.32 Å². The van der Waals surface area contributed by atoms with Gasteiger partial charge in [0.25, 0.3) is 11.8 Å². The first-order chi connectivity index (χ1) is 11.1. The molecule has 0 aromatic heterocycles. The zero-order chi connectivity index (χ0) is 18.0. The third-order valence-corrected chi connectivity index (χ3v) is 9.48. The fourth-order valence-electron chi connectivity index (χ4n) is 2.35. The van der Waals surface area contributed by atoms with Crippen LogP contribution in [0.1, 0.15) is 41.5 Å². The predicted octanol–water partition coefficient (Wildman–Crippen LogP) is 2.89. The van der Waals surface area contributed by atoms with Gasteiger partial charge in [0.05, 0.1) is 11.1 Å². The van der Waals surface area contributed by atoms with Crippen LogP contribution in [-0.4, -0.2) is 51.3 Å². The highest BCUT2D eigenvalue weighted by atomic mass is 28.4. The molecule has 0 unspecified atom stereocenters. The molecule has 0 saturated heterocycles. The lowest BCUT2D eigenvalue weighted by molar-refractivity contribution is 0.0655. The Balaban J connectivity index is 1.73. The second-order valence-corrected chi connectivity index (χ2v) is 12.5. The molecule has 132 valence electrons. The average Bonchev–Trinajstić information content (AvgIpc) is 2.74. The largest absolute Gasteiger partial charge is 0.416 e. The first kappa shape index (κ1) is 18.8. The van der Waals surface area contributed by atoms with E-state index >= 15 is 0 Å². The molecule has 5 nitrogen and oxygen atoms in total. The summed E-state index contributed by atoms with van der Waals surface area (Å²) in [4.78, 5) is 25.8. The Morgan fingerprint density at radius 3 is 2.08 bits per heavy atom. The van der Waals surface area contributed by atoms with Crippen molar-refractivity contribution in [1.29, 1.82) is 0 Å². The van der Waals surface area contributed by atoms with E-state index in [9.17, 15) is 9.59 Å². The maximum Gasteiger partial charge on any atom is 0.261 e. The van der Waals surface area contributed by atoms with Crippen molar-refractivity contribution in [3.63, 3.8) is 0 Å². The molecule has 2 rings (SSSR count). The van der Waals surface area contributed by atoms with Crippen molar-refractivity contribution >= 4 is 20.1 Å². The molecule has 1 aliphatic heterocycles. The van der Waals surface area contributed by atoms with Gasteiger partial charge in [-0.25, -0.2) is 0 Å². The van der Waals surface area contributed by atoms with Gasteiger partial charge >= 0.3 is 0 Å². The fraction of sp³-hybridized carbons (Fsp3) is 0.556. The molecule has 1 aliphatic rings. The van der Waals surface area contributed by atoms with Crippen LogP contribution in [0, 0.1) is 0 Å². The topological polar surface area (TPSA) is 58.6 Å². The van der Waals surface area contributed by atoms with Gasteiger partial charge in [0.2, 0.25) is 0 Å². The van der Waals surface area contributed by atoms with E-state index in [1.54, 1.807) is 24.3 Å². The zero-order valence-corrected chi connectivity index (χ0v) is 16.3. The van der Waals surface area contributed by atoms with E-state index in [-0.39, 0.29) is 16.9 Å². The number of imide groups is 1. The van der Waals surface area contributed by atoms with E-state index in [1.807, 2.05) is 0 Å². The monoisotopic (exact) mass is 348 g/mol. The maximum absolute atomic E-state index is 12.2. The summed E-state index contributed by atoms with van der Waals surface area (Å²) in [6.07, 6.45) is 0. The summed E-state index contributed by atoms with van der Waals surface area (Å²) in [5.74, 6) is -0.398. The maximum atomic E-state index is 12.2. The number of nitrogens with zero attached hydrogens (tertiary/aromatic N) is 1. The molecule has 24 heavy (non-hydrogen) atoms. The number of fused-ring (bicyclic) bond motifs is 1. The van der Waals surface area contributed by atoms with E-state index in [4.69, 9.17) is 4.43 Å². The quantitative estimate of drug-likeness (QED) is 0.468. The number of hydrogen-bond donors (Lipinski definition) is 1. The summed E-state index contributed by atoms with van der Waals surface area (Å²) in [6.45, 7) is 13.4. The second-order valence-electron chi connectivity index (χ2n) is 7.67. The van der Waals surface area contributed by atoms with Crippen molar-refractivity contribution < 1.29 is 14.0 Å². The van der Waals surface area contributed by atoms with E-state index in [2.05, 4.69) is 39.2 Å². The Bertz CT molecular complexity index is 588. The first-order valence-electron chi connectivity index (χ1n) is 8.45. The lowest BCUT2D eigenvalue weighted by atomic mass is 10.1. The van der Waals surface area contributed by atoms with Gasteiger partial charge in [-0.2, -0.15) is 0 Å². The Morgan fingerprint density at radius 2 is 1.58 bits per heavy atom. The number of rotatable bonds is 7. The van der Waals surface area contributed by atoms with Crippen LogP contribution in [0.2, 0.25) is 18.1 Å². The minimum atomic E-state index is -1.71. The van der Waals surface area contributed by atoms with Crippen LogP contribution in [-0.2, 0) is 4.43 Å². The molecule has 0 aliphatic carbocycles. The van der Waals surface area contributed by atoms with Crippen LogP contribution < -0.4 is 5.32 Å². The van der Waals surface area contributed by atoms with Crippen molar-refractivity contribution in [3.05, 3.63) is 35.4 Å². The molecule has 1 aromatic rings. The van der Waals surface area contributed by atoms with Crippen molar-refractivity contribution in [2.24, 2.45) is 0 Å². The van der Waals surface area contributed by atoms with Crippen molar-refractivity contribution in [2.75, 3.05) is 26.2 Å². The Labute approximate surface area is 145 Å². The summed E-state index contributed by atoms with van der Waals surface area (Å²) in [5.41, 5.74) is 1.01. The average molecular weight is 349 g/mol. The summed E-state index contributed by atoms with van der Waals surface area (Å²) in [7, 11) is -1.71. The Morgan fingerprint density at radius 1 is 1.04 bits per heavy atom. The van der Waals surface area contributed by atoms with E-state index < -0.39 is 8.32 Å². The van der Waals surface area contributed by atoms with Crippen LogP contribution in [0.3, 0.4) is 0 Å². The molecular formula is C18H28N2O3Si. The molecule has 0 bridgehead atoms. The van der Waals surface area contributed by atoms with Crippen LogP contribution in [0.25, 0.3) is 0 Å². The van der Waals surface area contributed by atoms with Crippen molar-refractivity contribution in [1.82, 2.24) is 10.2 Å². The van der Waals surface area contributed by atoms with E-state index in [0.29, 0.717) is 30.8 Å². The molecule has 0 spiro atoms. The molecule has 1 aromatic carbocycles. The predicted molar refractivity (Wildman–Crippen MR) is 97.8 cm³/mol. The van der Waals surface area contributed by atoms with Gasteiger partial charge in [-0.15, -0.1) is 0 Å². The standard InChI is InChI=1S/C18H28N2O3Si/c1-18(2,3)24(4,5)23-13-11-19-10-12-20-16(21)14-8-6-7-9-15(14)17(20)22/h6-9,19H,10-13H2,1-5H3. The van der Waals surface area contributed by atoms with Crippen LogP contribution in [0.5, 0.6) is 0 Å². The highest BCUT2D eigenvalue weighted by Gasteiger charge is 2.37. The lowest BCUT2D eigenvalue weighted by Crippen LogP contribution is -2.43. The van der Waals surface area contributed by atoms with Gasteiger partial charge in [-0.1, -0.05) is 32.9 Å². The Kier molecular flexibility index (Phi) is 5.62. The van der Waals surface area contributed by atoms with Gasteiger partial charge in [-0.3, -0.25) is 14.5 Å². The minimum absolute atomic E-state index is 0.199. The molecular weight excluding hydrogens is 320 g/mol. The molecule has 0 saturated carbocycles. The van der Waals surface area contributed by atoms with Crippen LogP contribution in [0.4, 0.5) is 0 Å². The number of carbonyl (C=O) groups is 2. The molecule has 0 fully saturated rings. The smallest absolute Gasteiger partial charge is 0.261 e. The number of benzene rings is 1. The number of hydrogen-bond acceptors (Lipinski definition) is 4. The van der Waals surface area contributed by atoms with Gasteiger partial charge < -0.3 is 9.74 Å². The highest BCUT2D eigenvalue weighted by Crippen LogP contribution is 2.36. The molecule has 2 amide bonds. The number of nitrogens with one attached hydrogen (secondary N) is 1. The normalized spacial score (nSPS) is 15.1. The van der Waals surface area contributed by atoms with Gasteiger partial charge in [0, 0.05) is 26.2 Å². The minimum Gasteiger partial charge on any atom is -0.416 e. The van der Waals surface area contributed by atoms with Gasteiger partial charge in [0.1, 0.15) is 0 Å². The SMILES string of the molecule is CC(C)(C)[Si](C)(C)OCCNCCN1C(=O)c2ccccc2C1=O. The molecule has 0 atom stereocenters.